The van der Waals surface area contributed by atoms with Gasteiger partial charge in [0.2, 0.25) is 0 Å². The molecule has 0 aliphatic heterocycles. The zero-order valence-electron chi connectivity index (χ0n) is 10.4. The van der Waals surface area contributed by atoms with E-state index in [9.17, 15) is 0 Å². The number of ether oxygens (including phenoxy) is 1. The number of benzene rings is 1. The number of rotatable bonds is 4. The molecular weight excluding hydrogens is 214 g/mol. The van der Waals surface area contributed by atoms with Crippen molar-refractivity contribution >= 4 is 0 Å². The molecule has 0 fully saturated rings. The van der Waals surface area contributed by atoms with Crippen LogP contribution in [0.25, 0.3) is 0 Å². The first-order valence-electron chi connectivity index (χ1n) is 5.74. The Kier molecular flexibility index (Phi) is 3.42. The van der Waals surface area contributed by atoms with Gasteiger partial charge in [-0.05, 0) is 38.5 Å². The fourth-order valence-corrected chi connectivity index (χ4v) is 1.66. The molecule has 0 unspecified atom stereocenters. The van der Waals surface area contributed by atoms with Gasteiger partial charge >= 0.3 is 0 Å². The molecule has 4 nitrogen and oxygen atoms in total. The quantitative estimate of drug-likeness (QED) is 0.812. The largest absolute Gasteiger partial charge is 0.486 e. The molecule has 0 bridgehead atoms. The number of aromatic nitrogens is 3. The van der Waals surface area contributed by atoms with Crippen LogP contribution in [0.4, 0.5) is 0 Å². The predicted octanol–water partition coefficient (Wildman–Crippen LogP) is 2.75. The molecule has 2 aromatic rings. The second-order valence-corrected chi connectivity index (χ2v) is 4.32. The molecule has 0 spiro atoms. The van der Waals surface area contributed by atoms with Gasteiger partial charge in [-0.2, -0.15) is 5.10 Å². The van der Waals surface area contributed by atoms with Gasteiger partial charge in [0.05, 0.1) is 0 Å². The lowest BCUT2D eigenvalue weighted by Gasteiger charge is -2.10. The van der Waals surface area contributed by atoms with Crippen LogP contribution in [0.15, 0.2) is 30.6 Å². The van der Waals surface area contributed by atoms with Gasteiger partial charge in [-0.1, -0.05) is 12.1 Å². The third-order valence-electron chi connectivity index (χ3n) is 2.49. The third kappa shape index (κ3) is 2.84. The summed E-state index contributed by atoms with van der Waals surface area (Å²) in [6.07, 6.45) is 1.56. The van der Waals surface area contributed by atoms with E-state index in [2.05, 4.69) is 23.9 Å². The molecule has 0 aliphatic carbocycles. The molecule has 17 heavy (non-hydrogen) atoms. The van der Waals surface area contributed by atoms with Gasteiger partial charge in [-0.3, -0.25) is 0 Å². The van der Waals surface area contributed by atoms with Crippen LogP contribution in [0.5, 0.6) is 5.75 Å². The maximum Gasteiger partial charge on any atom is 0.165 e. The third-order valence-corrected chi connectivity index (χ3v) is 2.49. The first kappa shape index (κ1) is 11.6. The highest BCUT2D eigenvalue weighted by molar-refractivity contribution is 5.27. The van der Waals surface area contributed by atoms with Gasteiger partial charge in [0.25, 0.3) is 0 Å². The lowest BCUT2D eigenvalue weighted by Crippen LogP contribution is -2.10. The van der Waals surface area contributed by atoms with Crippen LogP contribution < -0.4 is 4.74 Å². The Morgan fingerprint density at radius 1 is 1.35 bits per heavy atom. The molecule has 1 heterocycles. The molecule has 0 saturated heterocycles. The average molecular weight is 231 g/mol. The molecule has 0 N–H and O–H groups in total. The van der Waals surface area contributed by atoms with Crippen molar-refractivity contribution in [3.8, 4) is 5.75 Å². The average Bonchev–Trinajstić information content (AvgIpc) is 2.74. The summed E-state index contributed by atoms with van der Waals surface area (Å²) >= 11 is 0. The van der Waals surface area contributed by atoms with Crippen molar-refractivity contribution in [2.45, 2.75) is 33.4 Å². The summed E-state index contributed by atoms with van der Waals surface area (Å²) in [5.41, 5.74) is 1.19. The number of hydrogen-bond donors (Lipinski definition) is 0. The second-order valence-electron chi connectivity index (χ2n) is 4.32. The van der Waals surface area contributed by atoms with Crippen LogP contribution >= 0.6 is 0 Å². The van der Waals surface area contributed by atoms with Gasteiger partial charge in [-0.25, -0.2) is 9.67 Å². The highest BCUT2D eigenvalue weighted by atomic mass is 16.5. The van der Waals surface area contributed by atoms with E-state index in [0.717, 1.165) is 11.6 Å². The van der Waals surface area contributed by atoms with Crippen LogP contribution in [0.2, 0.25) is 0 Å². The number of aryl methyl sites for hydroxylation is 1. The van der Waals surface area contributed by atoms with Crippen molar-refractivity contribution in [3.05, 3.63) is 42.0 Å². The minimum absolute atomic E-state index is 0.300. The predicted molar refractivity (Wildman–Crippen MR) is 65.9 cm³/mol. The number of nitrogens with zero attached hydrogens (tertiary/aromatic N) is 3. The molecule has 0 atom stereocenters. The Morgan fingerprint density at radius 3 is 2.88 bits per heavy atom. The summed E-state index contributed by atoms with van der Waals surface area (Å²) < 4.78 is 7.57. The van der Waals surface area contributed by atoms with Gasteiger partial charge in [-0.15, -0.1) is 0 Å². The lowest BCUT2D eigenvalue weighted by atomic mass is 10.2. The summed E-state index contributed by atoms with van der Waals surface area (Å²) in [5.74, 6) is 1.71. The van der Waals surface area contributed by atoms with Crippen molar-refractivity contribution < 1.29 is 4.74 Å². The van der Waals surface area contributed by atoms with Crippen LogP contribution in [-0.2, 0) is 6.61 Å². The Hall–Kier alpha value is -1.84. The SMILES string of the molecule is Cc1cccc(OCc2ncnn2C(C)C)c1. The molecule has 90 valence electrons. The molecule has 1 aromatic carbocycles. The van der Waals surface area contributed by atoms with E-state index in [0.29, 0.717) is 12.6 Å². The topological polar surface area (TPSA) is 39.9 Å². The second kappa shape index (κ2) is 4.99. The summed E-state index contributed by atoms with van der Waals surface area (Å²) in [5, 5.41) is 4.17. The fraction of sp³-hybridized carbons (Fsp3) is 0.385. The summed E-state index contributed by atoms with van der Waals surface area (Å²) in [7, 11) is 0. The highest BCUT2D eigenvalue weighted by Gasteiger charge is 2.07. The minimum atomic E-state index is 0.300. The minimum Gasteiger partial charge on any atom is -0.486 e. The summed E-state index contributed by atoms with van der Waals surface area (Å²) in [6, 6.07) is 8.29. The monoisotopic (exact) mass is 231 g/mol. The van der Waals surface area contributed by atoms with E-state index in [1.807, 2.05) is 35.9 Å². The van der Waals surface area contributed by atoms with E-state index in [-0.39, 0.29) is 0 Å². The first-order chi connectivity index (χ1) is 8.16. The zero-order chi connectivity index (χ0) is 12.3. The van der Waals surface area contributed by atoms with E-state index in [4.69, 9.17) is 4.74 Å². The molecule has 0 aliphatic rings. The molecular formula is C13H17N3O. The molecule has 1 aromatic heterocycles. The Bertz CT molecular complexity index is 491. The smallest absolute Gasteiger partial charge is 0.165 e. The van der Waals surface area contributed by atoms with Crippen molar-refractivity contribution in [1.82, 2.24) is 14.8 Å². The summed E-state index contributed by atoms with van der Waals surface area (Å²) in [6.45, 7) is 6.64. The van der Waals surface area contributed by atoms with Crippen molar-refractivity contribution in [1.29, 1.82) is 0 Å². The number of hydrogen-bond acceptors (Lipinski definition) is 3. The molecule has 4 heteroatoms. The van der Waals surface area contributed by atoms with Crippen LogP contribution in [0.1, 0.15) is 31.3 Å². The molecule has 0 radical (unpaired) electrons. The Morgan fingerprint density at radius 2 is 2.18 bits per heavy atom. The standard InChI is InChI=1S/C13H17N3O/c1-10(2)16-13(14-9-15-16)8-17-12-6-4-5-11(3)7-12/h4-7,9-10H,8H2,1-3H3. The Balaban J connectivity index is 2.05. The lowest BCUT2D eigenvalue weighted by molar-refractivity contribution is 0.282. The van der Waals surface area contributed by atoms with Crippen LogP contribution in [0.3, 0.4) is 0 Å². The van der Waals surface area contributed by atoms with E-state index >= 15 is 0 Å². The van der Waals surface area contributed by atoms with Gasteiger partial charge in [0.1, 0.15) is 18.7 Å². The maximum absolute atomic E-state index is 5.70. The van der Waals surface area contributed by atoms with Crippen molar-refractivity contribution in [2.24, 2.45) is 0 Å². The first-order valence-corrected chi connectivity index (χ1v) is 5.74. The van der Waals surface area contributed by atoms with Crippen molar-refractivity contribution in [2.75, 3.05) is 0 Å². The van der Waals surface area contributed by atoms with E-state index in [1.54, 1.807) is 6.33 Å². The van der Waals surface area contributed by atoms with Crippen LogP contribution in [-0.4, -0.2) is 14.8 Å². The normalized spacial score (nSPS) is 10.8. The highest BCUT2D eigenvalue weighted by Crippen LogP contribution is 2.14. The fourth-order valence-electron chi connectivity index (χ4n) is 1.66. The Labute approximate surface area is 101 Å². The van der Waals surface area contributed by atoms with Crippen LogP contribution in [0, 0.1) is 6.92 Å². The van der Waals surface area contributed by atoms with Crippen molar-refractivity contribution in [3.63, 3.8) is 0 Å². The van der Waals surface area contributed by atoms with Gasteiger partial charge in [0, 0.05) is 6.04 Å². The van der Waals surface area contributed by atoms with E-state index < -0.39 is 0 Å². The molecule has 2 rings (SSSR count). The van der Waals surface area contributed by atoms with Gasteiger partial charge in [0.15, 0.2) is 5.82 Å². The summed E-state index contributed by atoms with van der Waals surface area (Å²) in [4.78, 5) is 4.20. The molecule has 0 amide bonds. The molecule has 0 saturated carbocycles. The maximum atomic E-state index is 5.70. The van der Waals surface area contributed by atoms with E-state index in [1.165, 1.54) is 5.56 Å². The van der Waals surface area contributed by atoms with Gasteiger partial charge < -0.3 is 4.74 Å². The zero-order valence-corrected chi connectivity index (χ0v) is 10.4.